The van der Waals surface area contributed by atoms with Gasteiger partial charge in [0.15, 0.2) is 0 Å². The molecule has 1 aliphatic heterocycles. The molecule has 1 saturated heterocycles. The van der Waals surface area contributed by atoms with Crippen LogP contribution < -0.4 is 0 Å². The van der Waals surface area contributed by atoms with Crippen molar-refractivity contribution in [2.24, 2.45) is 5.41 Å². The molecular formula is C13H18BrNO2S. The Morgan fingerprint density at radius 3 is 2.39 bits per heavy atom. The lowest BCUT2D eigenvalue weighted by molar-refractivity contribution is 0.196. The molecule has 0 spiro atoms. The predicted octanol–water partition coefficient (Wildman–Crippen LogP) is 3.26. The van der Waals surface area contributed by atoms with Gasteiger partial charge in [-0.2, -0.15) is 4.31 Å². The topological polar surface area (TPSA) is 37.4 Å². The summed E-state index contributed by atoms with van der Waals surface area (Å²) in [6, 6.07) is 6.90. The highest BCUT2D eigenvalue weighted by Crippen LogP contribution is 2.32. The monoisotopic (exact) mass is 331 g/mol. The van der Waals surface area contributed by atoms with Crippen molar-refractivity contribution < 1.29 is 8.42 Å². The number of sulfonamides is 1. The lowest BCUT2D eigenvalue weighted by Gasteiger charge is -2.36. The molecule has 100 valence electrons. The molecule has 1 fully saturated rings. The van der Waals surface area contributed by atoms with Crippen LogP contribution in [0, 0.1) is 5.41 Å². The Balaban J connectivity index is 2.23. The number of rotatable bonds is 2. The van der Waals surface area contributed by atoms with Crippen LogP contribution in [0.25, 0.3) is 0 Å². The van der Waals surface area contributed by atoms with E-state index in [-0.39, 0.29) is 5.41 Å². The van der Waals surface area contributed by atoms with Crippen LogP contribution in [0.3, 0.4) is 0 Å². The van der Waals surface area contributed by atoms with E-state index < -0.39 is 10.0 Å². The highest BCUT2D eigenvalue weighted by atomic mass is 79.9. The molecule has 0 radical (unpaired) electrons. The second-order valence-corrected chi connectivity index (χ2v) is 8.38. The number of hydrogen-bond acceptors (Lipinski definition) is 2. The molecule has 0 saturated carbocycles. The normalized spacial score (nSPS) is 20.8. The first-order chi connectivity index (χ1) is 8.31. The molecule has 3 nitrogen and oxygen atoms in total. The maximum Gasteiger partial charge on any atom is 0.243 e. The van der Waals surface area contributed by atoms with E-state index in [1.807, 2.05) is 6.07 Å². The third-order valence-electron chi connectivity index (χ3n) is 3.51. The number of halogens is 1. The summed E-state index contributed by atoms with van der Waals surface area (Å²) in [5, 5.41) is 0. The van der Waals surface area contributed by atoms with Crippen LogP contribution in [0.1, 0.15) is 26.7 Å². The highest BCUT2D eigenvalue weighted by Gasteiger charge is 2.32. The molecule has 0 bridgehead atoms. The van der Waals surface area contributed by atoms with Crippen LogP contribution in [0.2, 0.25) is 0 Å². The molecule has 0 atom stereocenters. The summed E-state index contributed by atoms with van der Waals surface area (Å²) in [6.45, 7) is 5.61. The molecule has 1 aromatic rings. The minimum absolute atomic E-state index is 0.253. The summed E-state index contributed by atoms with van der Waals surface area (Å²) in [4.78, 5) is 0.372. The van der Waals surface area contributed by atoms with Gasteiger partial charge in [-0.05, 0) is 36.5 Å². The van der Waals surface area contributed by atoms with E-state index >= 15 is 0 Å². The van der Waals surface area contributed by atoms with Gasteiger partial charge in [-0.15, -0.1) is 0 Å². The van der Waals surface area contributed by atoms with Gasteiger partial charge < -0.3 is 0 Å². The summed E-state index contributed by atoms with van der Waals surface area (Å²) in [7, 11) is -3.33. The lowest BCUT2D eigenvalue weighted by Crippen LogP contribution is -2.41. The molecule has 2 rings (SSSR count). The van der Waals surface area contributed by atoms with Gasteiger partial charge in [0.05, 0.1) is 4.90 Å². The van der Waals surface area contributed by atoms with Crippen molar-refractivity contribution in [2.75, 3.05) is 13.1 Å². The Kier molecular flexibility index (Phi) is 3.85. The average molecular weight is 332 g/mol. The second kappa shape index (κ2) is 4.94. The van der Waals surface area contributed by atoms with Gasteiger partial charge in [0.2, 0.25) is 10.0 Å². The number of nitrogens with zero attached hydrogens (tertiary/aromatic N) is 1. The van der Waals surface area contributed by atoms with Crippen LogP contribution in [0.5, 0.6) is 0 Å². The van der Waals surface area contributed by atoms with E-state index in [9.17, 15) is 8.42 Å². The van der Waals surface area contributed by atoms with Crippen LogP contribution in [0.15, 0.2) is 33.6 Å². The second-order valence-electron chi connectivity index (χ2n) is 5.53. The quantitative estimate of drug-likeness (QED) is 0.834. The van der Waals surface area contributed by atoms with Gasteiger partial charge in [-0.3, -0.25) is 0 Å². The van der Waals surface area contributed by atoms with E-state index in [1.54, 1.807) is 22.5 Å². The zero-order valence-electron chi connectivity index (χ0n) is 10.7. The Bertz CT molecular complexity index is 530. The highest BCUT2D eigenvalue weighted by molar-refractivity contribution is 9.10. The number of hydrogen-bond donors (Lipinski definition) is 0. The van der Waals surface area contributed by atoms with Crippen LogP contribution in [-0.4, -0.2) is 25.8 Å². The smallest absolute Gasteiger partial charge is 0.207 e. The molecule has 1 aliphatic rings. The van der Waals surface area contributed by atoms with Crippen molar-refractivity contribution in [2.45, 2.75) is 31.6 Å². The standard InChI is InChI=1S/C13H18BrNO2S/c1-13(2)6-8-15(9-7-13)18(16,17)12-5-3-4-11(14)10-12/h3-5,10H,6-9H2,1-2H3. The summed E-state index contributed by atoms with van der Waals surface area (Å²) < 4.78 is 27.3. The summed E-state index contributed by atoms with van der Waals surface area (Å²) in [5.74, 6) is 0. The van der Waals surface area contributed by atoms with Crippen molar-refractivity contribution in [3.63, 3.8) is 0 Å². The maximum absolute atomic E-state index is 12.5. The molecule has 18 heavy (non-hydrogen) atoms. The third-order valence-corrected chi connectivity index (χ3v) is 5.90. The van der Waals surface area contributed by atoms with Gasteiger partial charge in [-0.25, -0.2) is 8.42 Å². The molecular weight excluding hydrogens is 314 g/mol. The van der Waals surface area contributed by atoms with E-state index in [2.05, 4.69) is 29.8 Å². The van der Waals surface area contributed by atoms with E-state index in [4.69, 9.17) is 0 Å². The molecule has 1 heterocycles. The van der Waals surface area contributed by atoms with Crippen molar-refractivity contribution in [3.8, 4) is 0 Å². The van der Waals surface area contributed by atoms with E-state index in [1.165, 1.54) is 0 Å². The molecule has 1 aromatic carbocycles. The fraction of sp³-hybridized carbons (Fsp3) is 0.538. The van der Waals surface area contributed by atoms with Gasteiger partial charge in [0, 0.05) is 17.6 Å². The Labute approximate surface area is 117 Å². The van der Waals surface area contributed by atoms with Crippen LogP contribution >= 0.6 is 15.9 Å². The molecule has 0 N–H and O–H groups in total. The van der Waals surface area contributed by atoms with Crippen molar-refractivity contribution >= 4 is 26.0 Å². The zero-order valence-corrected chi connectivity index (χ0v) is 13.1. The Hall–Kier alpha value is -0.390. The summed E-state index contributed by atoms with van der Waals surface area (Å²) >= 11 is 3.31. The Morgan fingerprint density at radius 1 is 1.22 bits per heavy atom. The SMILES string of the molecule is CC1(C)CCN(S(=O)(=O)c2cccc(Br)c2)CC1. The fourth-order valence-electron chi connectivity index (χ4n) is 2.11. The van der Waals surface area contributed by atoms with E-state index in [0.717, 1.165) is 17.3 Å². The van der Waals surface area contributed by atoms with Gasteiger partial charge in [-0.1, -0.05) is 35.8 Å². The maximum atomic E-state index is 12.5. The van der Waals surface area contributed by atoms with Crippen LogP contribution in [0.4, 0.5) is 0 Å². The van der Waals surface area contributed by atoms with Crippen molar-refractivity contribution in [1.82, 2.24) is 4.31 Å². The number of piperidine rings is 1. The molecule has 0 aromatic heterocycles. The van der Waals surface area contributed by atoms with Gasteiger partial charge in [0.25, 0.3) is 0 Å². The molecule has 0 unspecified atom stereocenters. The lowest BCUT2D eigenvalue weighted by atomic mass is 9.83. The van der Waals surface area contributed by atoms with Gasteiger partial charge in [0.1, 0.15) is 0 Å². The fourth-order valence-corrected chi connectivity index (χ4v) is 4.15. The van der Waals surface area contributed by atoms with Crippen molar-refractivity contribution in [3.05, 3.63) is 28.7 Å². The average Bonchev–Trinajstić information content (AvgIpc) is 2.28. The third kappa shape index (κ3) is 2.95. The minimum atomic E-state index is -3.33. The van der Waals surface area contributed by atoms with Crippen molar-refractivity contribution in [1.29, 1.82) is 0 Å². The Morgan fingerprint density at radius 2 is 1.83 bits per heavy atom. The zero-order chi connectivity index (χ0) is 13.4. The van der Waals surface area contributed by atoms with Crippen LogP contribution in [-0.2, 0) is 10.0 Å². The predicted molar refractivity (Wildman–Crippen MR) is 75.9 cm³/mol. The molecule has 0 amide bonds. The first-order valence-electron chi connectivity index (χ1n) is 6.07. The van der Waals surface area contributed by atoms with E-state index in [0.29, 0.717) is 18.0 Å². The molecule has 0 aliphatic carbocycles. The largest absolute Gasteiger partial charge is 0.243 e. The first-order valence-corrected chi connectivity index (χ1v) is 8.30. The molecule has 5 heteroatoms. The minimum Gasteiger partial charge on any atom is -0.207 e. The first kappa shape index (κ1) is 14.0. The number of benzene rings is 1. The summed E-state index contributed by atoms with van der Waals surface area (Å²) in [6.07, 6.45) is 1.83. The van der Waals surface area contributed by atoms with Gasteiger partial charge >= 0.3 is 0 Å². The summed E-state index contributed by atoms with van der Waals surface area (Å²) in [5.41, 5.74) is 0.253.